The Morgan fingerprint density at radius 3 is 2.62 bits per heavy atom. The van der Waals surface area contributed by atoms with E-state index in [1.807, 2.05) is 4.57 Å². The van der Waals surface area contributed by atoms with Crippen LogP contribution in [0, 0.1) is 5.82 Å². The monoisotopic (exact) mass is 351 g/mol. The molecule has 4 rings (SSSR count). The van der Waals surface area contributed by atoms with Crippen LogP contribution in [0.4, 0.5) is 4.39 Å². The Morgan fingerprint density at radius 2 is 1.88 bits per heavy atom. The molecule has 2 aromatic heterocycles. The van der Waals surface area contributed by atoms with Crippen molar-refractivity contribution >= 4 is 27.7 Å². The van der Waals surface area contributed by atoms with Crippen LogP contribution in [0.1, 0.15) is 15.9 Å². The van der Waals surface area contributed by atoms with Crippen molar-refractivity contribution in [2.45, 2.75) is 6.54 Å². The van der Waals surface area contributed by atoms with Crippen LogP contribution in [0.3, 0.4) is 0 Å². The molecule has 0 spiro atoms. The average molecular weight is 351 g/mol. The summed E-state index contributed by atoms with van der Waals surface area (Å²) in [4.78, 5) is 26.3. The minimum Gasteiger partial charge on any atom is -0.336 e. The Bertz CT molecular complexity index is 1190. The SMILES string of the molecule is O=C(NO)c1ccc(Cn2c3ccc(F)cc3c3c(=O)[nH]ccc32)cc1. The van der Waals surface area contributed by atoms with Crippen LogP contribution in [0.25, 0.3) is 21.8 Å². The quantitative estimate of drug-likeness (QED) is 0.392. The first-order valence-electron chi connectivity index (χ1n) is 7.91. The van der Waals surface area contributed by atoms with E-state index in [9.17, 15) is 14.0 Å². The maximum atomic E-state index is 13.7. The number of hydrogen-bond donors (Lipinski definition) is 3. The molecule has 0 fully saturated rings. The summed E-state index contributed by atoms with van der Waals surface area (Å²) in [6, 6.07) is 12.9. The maximum absolute atomic E-state index is 13.7. The van der Waals surface area contributed by atoms with Crippen LogP contribution in [0.15, 0.2) is 59.5 Å². The van der Waals surface area contributed by atoms with E-state index in [0.717, 1.165) is 11.1 Å². The zero-order valence-electron chi connectivity index (χ0n) is 13.5. The molecule has 6 nitrogen and oxygen atoms in total. The Kier molecular flexibility index (Phi) is 3.78. The molecular weight excluding hydrogens is 337 g/mol. The van der Waals surface area contributed by atoms with Crippen LogP contribution in [0.5, 0.6) is 0 Å². The highest BCUT2D eigenvalue weighted by atomic mass is 19.1. The zero-order chi connectivity index (χ0) is 18.3. The summed E-state index contributed by atoms with van der Waals surface area (Å²) in [5.74, 6) is -0.991. The predicted molar refractivity (Wildman–Crippen MR) is 94.8 cm³/mol. The van der Waals surface area contributed by atoms with Crippen molar-refractivity contribution in [2.75, 3.05) is 0 Å². The lowest BCUT2D eigenvalue weighted by molar-refractivity contribution is 0.0706. The average Bonchev–Trinajstić information content (AvgIpc) is 2.96. The first kappa shape index (κ1) is 16.0. The van der Waals surface area contributed by atoms with Crippen molar-refractivity contribution in [1.82, 2.24) is 15.0 Å². The topological polar surface area (TPSA) is 87.1 Å². The van der Waals surface area contributed by atoms with Gasteiger partial charge in [0.1, 0.15) is 5.82 Å². The number of pyridine rings is 1. The highest BCUT2D eigenvalue weighted by molar-refractivity contribution is 6.07. The molecule has 7 heteroatoms. The van der Waals surface area contributed by atoms with Gasteiger partial charge in [-0.1, -0.05) is 12.1 Å². The summed E-state index contributed by atoms with van der Waals surface area (Å²) in [5.41, 5.74) is 3.99. The number of fused-ring (bicyclic) bond motifs is 3. The Balaban J connectivity index is 1.87. The van der Waals surface area contributed by atoms with E-state index >= 15 is 0 Å². The summed E-state index contributed by atoms with van der Waals surface area (Å²) >= 11 is 0. The number of rotatable bonds is 3. The van der Waals surface area contributed by atoms with E-state index in [1.165, 1.54) is 12.1 Å². The lowest BCUT2D eigenvalue weighted by Gasteiger charge is -2.08. The van der Waals surface area contributed by atoms with Gasteiger partial charge in [-0.05, 0) is 42.0 Å². The zero-order valence-corrected chi connectivity index (χ0v) is 13.5. The predicted octanol–water partition coefficient (Wildman–Crippen LogP) is 2.79. The molecule has 2 heterocycles. The minimum atomic E-state index is -0.588. The van der Waals surface area contributed by atoms with Gasteiger partial charge in [0.2, 0.25) is 0 Å². The van der Waals surface area contributed by atoms with Gasteiger partial charge in [0, 0.05) is 29.2 Å². The van der Waals surface area contributed by atoms with Crippen molar-refractivity contribution in [2.24, 2.45) is 0 Å². The molecule has 0 radical (unpaired) electrons. The summed E-state index contributed by atoms with van der Waals surface area (Å²) < 4.78 is 15.6. The molecule has 0 bridgehead atoms. The molecule has 26 heavy (non-hydrogen) atoms. The fourth-order valence-corrected chi connectivity index (χ4v) is 3.21. The van der Waals surface area contributed by atoms with Crippen molar-refractivity contribution in [3.05, 3.63) is 82.0 Å². The van der Waals surface area contributed by atoms with Crippen LogP contribution in [-0.2, 0) is 6.54 Å². The molecule has 0 unspecified atom stereocenters. The van der Waals surface area contributed by atoms with Crippen LogP contribution in [0.2, 0.25) is 0 Å². The summed E-state index contributed by atoms with van der Waals surface area (Å²) in [6.45, 7) is 0.441. The Labute approximate surface area is 146 Å². The van der Waals surface area contributed by atoms with Gasteiger partial charge in [0.25, 0.3) is 11.5 Å². The fraction of sp³-hybridized carbons (Fsp3) is 0.0526. The maximum Gasteiger partial charge on any atom is 0.274 e. The van der Waals surface area contributed by atoms with Gasteiger partial charge in [0.15, 0.2) is 0 Å². The molecule has 0 aliphatic heterocycles. The summed E-state index contributed by atoms with van der Waals surface area (Å²) in [6.07, 6.45) is 1.56. The second kappa shape index (κ2) is 6.12. The van der Waals surface area contributed by atoms with Gasteiger partial charge < -0.3 is 9.55 Å². The number of nitrogens with one attached hydrogen (secondary N) is 2. The number of nitrogens with zero attached hydrogens (tertiary/aromatic N) is 1. The van der Waals surface area contributed by atoms with E-state index in [2.05, 4.69) is 4.98 Å². The molecule has 2 aromatic carbocycles. The number of carbonyl (C=O) groups excluding carboxylic acids is 1. The number of amides is 1. The van der Waals surface area contributed by atoms with Crippen molar-refractivity contribution < 1.29 is 14.4 Å². The molecule has 4 aromatic rings. The first-order chi connectivity index (χ1) is 12.6. The molecule has 0 saturated carbocycles. The number of hydroxylamine groups is 1. The number of carbonyl (C=O) groups is 1. The largest absolute Gasteiger partial charge is 0.336 e. The normalized spacial score (nSPS) is 11.2. The number of H-pyrrole nitrogens is 1. The Morgan fingerprint density at radius 1 is 1.12 bits per heavy atom. The van der Waals surface area contributed by atoms with Crippen molar-refractivity contribution in [3.8, 4) is 0 Å². The molecule has 0 atom stereocenters. The van der Waals surface area contributed by atoms with E-state index < -0.39 is 11.7 Å². The number of aromatic nitrogens is 2. The van der Waals surface area contributed by atoms with Crippen molar-refractivity contribution in [1.29, 1.82) is 0 Å². The van der Waals surface area contributed by atoms with E-state index in [4.69, 9.17) is 5.21 Å². The molecular formula is C19H14FN3O3. The van der Waals surface area contributed by atoms with Gasteiger partial charge in [-0.3, -0.25) is 14.8 Å². The second-order valence-corrected chi connectivity index (χ2v) is 5.95. The lowest BCUT2D eigenvalue weighted by Crippen LogP contribution is -2.18. The van der Waals surface area contributed by atoms with Crippen LogP contribution in [-0.4, -0.2) is 20.7 Å². The molecule has 0 aliphatic carbocycles. The minimum absolute atomic E-state index is 0.271. The molecule has 0 saturated heterocycles. The Hall–Kier alpha value is -3.45. The van der Waals surface area contributed by atoms with Crippen LogP contribution < -0.4 is 11.0 Å². The lowest BCUT2D eigenvalue weighted by atomic mass is 10.1. The summed E-state index contributed by atoms with van der Waals surface area (Å²) in [5, 5.41) is 9.68. The number of benzene rings is 2. The van der Waals surface area contributed by atoms with Crippen molar-refractivity contribution in [3.63, 3.8) is 0 Å². The third-order valence-electron chi connectivity index (χ3n) is 4.41. The fourth-order valence-electron chi connectivity index (χ4n) is 3.21. The van der Waals surface area contributed by atoms with Gasteiger partial charge in [-0.2, -0.15) is 0 Å². The highest BCUT2D eigenvalue weighted by Crippen LogP contribution is 2.28. The molecule has 3 N–H and O–H groups in total. The third-order valence-corrected chi connectivity index (χ3v) is 4.41. The smallest absolute Gasteiger partial charge is 0.274 e. The number of hydrogen-bond acceptors (Lipinski definition) is 3. The summed E-state index contributed by atoms with van der Waals surface area (Å²) in [7, 11) is 0. The van der Waals surface area contributed by atoms with E-state index in [0.29, 0.717) is 28.4 Å². The van der Waals surface area contributed by atoms with Crippen LogP contribution >= 0.6 is 0 Å². The third kappa shape index (κ3) is 2.55. The van der Waals surface area contributed by atoms with Gasteiger partial charge in [-0.25, -0.2) is 9.87 Å². The highest BCUT2D eigenvalue weighted by Gasteiger charge is 2.14. The molecule has 1 amide bonds. The second-order valence-electron chi connectivity index (χ2n) is 5.95. The number of halogens is 1. The first-order valence-corrected chi connectivity index (χ1v) is 7.91. The molecule has 0 aliphatic rings. The van der Waals surface area contributed by atoms with Gasteiger partial charge in [0.05, 0.1) is 10.9 Å². The number of aromatic amines is 1. The van der Waals surface area contributed by atoms with Gasteiger partial charge in [-0.15, -0.1) is 0 Å². The van der Waals surface area contributed by atoms with E-state index in [1.54, 1.807) is 48.1 Å². The standard InChI is InChI=1S/C19H14FN3O3/c20-13-5-6-15-14(9-13)17-16(7-8-21-19(17)25)23(15)10-11-1-3-12(4-2-11)18(24)22-26/h1-9,26H,10H2,(H,21,25)(H,22,24). The molecule has 130 valence electrons. The van der Waals surface area contributed by atoms with E-state index in [-0.39, 0.29) is 5.56 Å². The van der Waals surface area contributed by atoms with Gasteiger partial charge >= 0.3 is 0 Å².